The number of thiocarbonyl (C=S) groups is 1. The number of likely N-dealkylation sites (tertiary alicyclic amines) is 1. The SMILES string of the molecule is CN(C(=S)Cc1ccc(-c2ccccc2)cc1)C1CC2(CCCS2)CCC1N1CCCC1. The molecule has 0 radical (unpaired) electrons. The first-order valence-corrected chi connectivity index (χ1v) is 13.8. The summed E-state index contributed by atoms with van der Waals surface area (Å²) in [5, 5.41) is 0. The lowest BCUT2D eigenvalue weighted by atomic mass is 9.78. The summed E-state index contributed by atoms with van der Waals surface area (Å²) in [6, 6.07) is 20.9. The van der Waals surface area contributed by atoms with Gasteiger partial charge in [-0.25, -0.2) is 0 Å². The van der Waals surface area contributed by atoms with Crippen molar-refractivity contribution in [1.82, 2.24) is 9.80 Å². The van der Waals surface area contributed by atoms with Crippen molar-refractivity contribution in [1.29, 1.82) is 0 Å². The van der Waals surface area contributed by atoms with Gasteiger partial charge in [-0.3, -0.25) is 4.90 Å². The maximum absolute atomic E-state index is 6.06. The third-order valence-corrected chi connectivity index (χ3v) is 10.1. The molecule has 0 bridgehead atoms. The van der Waals surface area contributed by atoms with Crippen molar-refractivity contribution in [3.8, 4) is 11.1 Å². The molecule has 3 unspecified atom stereocenters. The fourth-order valence-corrected chi connectivity index (χ4v) is 8.02. The maximum atomic E-state index is 6.06. The smallest absolute Gasteiger partial charge is 0.0824 e. The summed E-state index contributed by atoms with van der Waals surface area (Å²) < 4.78 is 0.516. The Morgan fingerprint density at radius 2 is 1.72 bits per heavy atom. The van der Waals surface area contributed by atoms with E-state index in [9.17, 15) is 0 Å². The van der Waals surface area contributed by atoms with Crippen LogP contribution in [0.15, 0.2) is 54.6 Å². The molecule has 1 saturated carbocycles. The molecule has 5 rings (SSSR count). The van der Waals surface area contributed by atoms with Crippen molar-refractivity contribution in [2.24, 2.45) is 0 Å². The summed E-state index contributed by atoms with van der Waals surface area (Å²) in [7, 11) is 2.28. The molecule has 32 heavy (non-hydrogen) atoms. The molecule has 3 fully saturated rings. The monoisotopic (exact) mass is 464 g/mol. The van der Waals surface area contributed by atoms with Gasteiger partial charge in [-0.15, -0.1) is 0 Å². The van der Waals surface area contributed by atoms with Gasteiger partial charge in [-0.1, -0.05) is 66.8 Å². The van der Waals surface area contributed by atoms with Gasteiger partial charge in [0.15, 0.2) is 0 Å². The molecule has 0 aromatic heterocycles. The van der Waals surface area contributed by atoms with Gasteiger partial charge < -0.3 is 4.90 Å². The summed E-state index contributed by atoms with van der Waals surface area (Å²) in [4.78, 5) is 6.39. The van der Waals surface area contributed by atoms with Crippen molar-refractivity contribution in [3.63, 3.8) is 0 Å². The van der Waals surface area contributed by atoms with Crippen LogP contribution in [0.1, 0.15) is 50.5 Å². The zero-order valence-electron chi connectivity index (χ0n) is 19.3. The van der Waals surface area contributed by atoms with Crippen LogP contribution in [0.25, 0.3) is 11.1 Å². The molecular formula is C28H36N2S2. The molecule has 2 nitrogen and oxygen atoms in total. The third-order valence-electron chi connectivity index (χ3n) is 8.02. The van der Waals surface area contributed by atoms with Crippen LogP contribution >= 0.6 is 24.0 Å². The molecule has 4 heteroatoms. The van der Waals surface area contributed by atoms with Crippen LogP contribution in [0.4, 0.5) is 0 Å². The first kappa shape index (κ1) is 22.4. The quantitative estimate of drug-likeness (QED) is 0.470. The van der Waals surface area contributed by atoms with E-state index in [0.29, 0.717) is 16.8 Å². The molecule has 1 aliphatic carbocycles. The standard InChI is InChI=1S/C28H36N2S2/c1-29(27(31)20-22-10-12-24(13-11-22)23-8-3-2-4-9-23)26-21-28(15-7-19-32-28)16-14-25(26)30-17-5-6-18-30/h2-4,8-13,25-26H,5-7,14-21H2,1H3. The molecule has 170 valence electrons. The lowest BCUT2D eigenvalue weighted by molar-refractivity contribution is 0.0953. The molecule has 2 aromatic carbocycles. The van der Waals surface area contributed by atoms with Gasteiger partial charge in [0, 0.05) is 30.3 Å². The summed E-state index contributed by atoms with van der Waals surface area (Å²) in [6.07, 6.45) is 10.5. The highest BCUT2D eigenvalue weighted by Gasteiger charge is 2.46. The molecule has 3 atom stereocenters. The minimum atomic E-state index is 0.516. The molecular weight excluding hydrogens is 428 g/mol. The zero-order valence-corrected chi connectivity index (χ0v) is 21.0. The van der Waals surface area contributed by atoms with E-state index in [1.807, 2.05) is 0 Å². The molecule has 0 amide bonds. The number of nitrogens with zero attached hydrogens (tertiary/aromatic N) is 2. The summed E-state index contributed by atoms with van der Waals surface area (Å²) in [5.41, 5.74) is 3.86. The molecule has 2 aromatic rings. The summed E-state index contributed by atoms with van der Waals surface area (Å²) in [5.74, 6) is 1.35. The number of benzene rings is 2. The Bertz CT molecular complexity index is 899. The Morgan fingerprint density at radius 3 is 2.41 bits per heavy atom. The van der Waals surface area contributed by atoms with Gasteiger partial charge in [0.25, 0.3) is 0 Å². The fraction of sp³-hybridized carbons (Fsp3) is 0.536. The average Bonchev–Trinajstić information content (AvgIpc) is 3.53. The highest BCUT2D eigenvalue weighted by molar-refractivity contribution is 8.00. The van der Waals surface area contributed by atoms with E-state index in [0.717, 1.165) is 11.4 Å². The largest absolute Gasteiger partial charge is 0.364 e. The number of thioether (sulfide) groups is 1. The molecule has 2 aliphatic heterocycles. The van der Waals surface area contributed by atoms with E-state index < -0.39 is 0 Å². The highest BCUT2D eigenvalue weighted by atomic mass is 32.2. The summed E-state index contributed by atoms with van der Waals surface area (Å²) in [6.45, 7) is 2.56. The van der Waals surface area contributed by atoms with E-state index in [4.69, 9.17) is 12.2 Å². The van der Waals surface area contributed by atoms with Gasteiger partial charge in [0.1, 0.15) is 0 Å². The van der Waals surface area contributed by atoms with Crippen molar-refractivity contribution in [3.05, 3.63) is 60.2 Å². The summed E-state index contributed by atoms with van der Waals surface area (Å²) >= 11 is 8.32. The Hall–Kier alpha value is -1.36. The third kappa shape index (κ3) is 4.78. The van der Waals surface area contributed by atoms with Crippen molar-refractivity contribution >= 4 is 29.0 Å². The first-order chi connectivity index (χ1) is 15.6. The minimum Gasteiger partial charge on any atom is -0.364 e. The topological polar surface area (TPSA) is 6.48 Å². The Balaban J connectivity index is 1.29. The number of hydrogen-bond acceptors (Lipinski definition) is 3. The first-order valence-electron chi connectivity index (χ1n) is 12.4. The normalized spacial score (nSPS) is 28.3. The lowest BCUT2D eigenvalue weighted by Crippen LogP contribution is -2.57. The molecule has 0 N–H and O–H groups in total. The minimum absolute atomic E-state index is 0.516. The van der Waals surface area contributed by atoms with Crippen LogP contribution in [-0.2, 0) is 6.42 Å². The van der Waals surface area contributed by atoms with E-state index in [-0.39, 0.29) is 0 Å². The Kier molecular flexibility index (Phi) is 6.92. The van der Waals surface area contributed by atoms with Crippen molar-refractivity contribution < 1.29 is 0 Å². The fourth-order valence-electron chi connectivity index (χ4n) is 6.16. The molecule has 2 heterocycles. The predicted molar refractivity (Wildman–Crippen MR) is 143 cm³/mol. The molecule has 2 saturated heterocycles. The van der Waals surface area contributed by atoms with Crippen LogP contribution in [0.3, 0.4) is 0 Å². The second-order valence-electron chi connectivity index (χ2n) is 10.00. The highest BCUT2D eigenvalue weighted by Crippen LogP contribution is 2.50. The second-order valence-corrected chi connectivity index (χ2v) is 12.0. The molecule has 3 aliphatic rings. The zero-order chi connectivity index (χ0) is 22.0. The van der Waals surface area contributed by atoms with Crippen LogP contribution in [0, 0.1) is 0 Å². The number of hydrogen-bond donors (Lipinski definition) is 0. The van der Waals surface area contributed by atoms with Gasteiger partial charge in [-0.2, -0.15) is 11.8 Å². The second kappa shape index (κ2) is 9.87. The van der Waals surface area contributed by atoms with Gasteiger partial charge in [-0.05, 0) is 80.5 Å². The van der Waals surface area contributed by atoms with Gasteiger partial charge >= 0.3 is 0 Å². The van der Waals surface area contributed by atoms with Gasteiger partial charge in [0.2, 0.25) is 0 Å². The van der Waals surface area contributed by atoms with Crippen LogP contribution in [-0.4, -0.2) is 57.5 Å². The predicted octanol–water partition coefficient (Wildman–Crippen LogP) is 6.44. The van der Waals surface area contributed by atoms with Crippen LogP contribution < -0.4 is 0 Å². The lowest BCUT2D eigenvalue weighted by Gasteiger charge is -2.49. The van der Waals surface area contributed by atoms with E-state index in [1.165, 1.54) is 80.5 Å². The van der Waals surface area contributed by atoms with E-state index in [2.05, 4.69) is 83.2 Å². The Morgan fingerprint density at radius 1 is 1.00 bits per heavy atom. The van der Waals surface area contributed by atoms with Crippen molar-refractivity contribution in [2.75, 3.05) is 25.9 Å². The van der Waals surface area contributed by atoms with Crippen molar-refractivity contribution in [2.45, 2.75) is 68.2 Å². The molecule has 1 spiro atoms. The van der Waals surface area contributed by atoms with Crippen LogP contribution in [0.2, 0.25) is 0 Å². The Labute approximate surface area is 203 Å². The number of likely N-dealkylation sites (N-methyl/N-ethyl adjacent to an activating group) is 1. The number of rotatable bonds is 5. The van der Waals surface area contributed by atoms with Crippen LogP contribution in [0.5, 0.6) is 0 Å². The van der Waals surface area contributed by atoms with Gasteiger partial charge in [0.05, 0.1) is 4.99 Å². The maximum Gasteiger partial charge on any atom is 0.0824 e. The van der Waals surface area contributed by atoms with E-state index >= 15 is 0 Å². The average molecular weight is 465 g/mol. The van der Waals surface area contributed by atoms with E-state index in [1.54, 1.807) is 0 Å².